The van der Waals surface area contributed by atoms with E-state index in [1.807, 2.05) is 0 Å². The fraction of sp³-hybridized carbons (Fsp3) is 0.500. The van der Waals surface area contributed by atoms with Crippen molar-refractivity contribution < 1.29 is 71.0 Å². The van der Waals surface area contributed by atoms with Crippen LogP contribution in [0, 0.1) is 0 Å². The number of hydrogen-bond donors (Lipinski definition) is 1. The topological polar surface area (TPSA) is 50.9 Å². The third-order valence-corrected chi connectivity index (χ3v) is 4.50. The second-order valence-corrected chi connectivity index (χ2v) is 6.87. The molecule has 0 unspecified atom stereocenters. The second kappa shape index (κ2) is 7.81. The molecule has 1 aromatic heterocycles. The smallest absolute Gasteiger partial charge is 0.460 e. The Morgan fingerprint density at radius 3 is 1.46 bits per heavy atom. The number of halogens is 15. The van der Waals surface area contributed by atoms with E-state index in [1.165, 1.54) is 0 Å². The lowest BCUT2D eigenvalue weighted by molar-refractivity contribution is -0.454. The lowest BCUT2D eigenvalue weighted by Gasteiger charge is -2.40. The molecule has 0 radical (unpaired) electrons. The van der Waals surface area contributed by atoms with Crippen LogP contribution in [-0.2, 0) is 13.0 Å². The van der Waals surface area contributed by atoms with E-state index in [9.17, 15) is 65.9 Å². The van der Waals surface area contributed by atoms with Crippen molar-refractivity contribution >= 4 is 0 Å². The summed E-state index contributed by atoms with van der Waals surface area (Å²) in [4.78, 5) is 2.74. The number of aromatic nitrogens is 3. The fourth-order valence-electron chi connectivity index (χ4n) is 2.49. The zero-order chi connectivity index (χ0) is 27.6. The van der Waals surface area contributed by atoms with E-state index in [2.05, 4.69) is 10.1 Å². The van der Waals surface area contributed by atoms with Gasteiger partial charge in [-0.15, -0.1) is 5.10 Å². The number of nitrogens with zero attached hydrogens (tertiary/aromatic N) is 3. The quantitative estimate of drug-likeness (QED) is 0.435. The maximum absolute atomic E-state index is 14.3. The molecule has 0 aliphatic carbocycles. The number of hydrogen-bond acceptors (Lipinski definition) is 3. The van der Waals surface area contributed by atoms with Crippen LogP contribution in [-0.4, -0.2) is 55.7 Å². The van der Waals surface area contributed by atoms with Gasteiger partial charge in [-0.3, -0.25) is 0 Å². The molecule has 4 nitrogen and oxygen atoms in total. The highest BCUT2D eigenvalue weighted by Gasteiger charge is 2.93. The van der Waals surface area contributed by atoms with E-state index in [0.29, 0.717) is 7.05 Å². The second-order valence-electron chi connectivity index (χ2n) is 6.87. The summed E-state index contributed by atoms with van der Waals surface area (Å²) < 4.78 is 200. The molecule has 1 aromatic carbocycles. The Balaban J connectivity index is 2.62. The average Bonchev–Trinajstić information content (AvgIpc) is 3.09. The molecule has 0 amide bonds. The van der Waals surface area contributed by atoms with E-state index < -0.39 is 59.1 Å². The standard InChI is InChI=1S/C16H8F15N3O/c1-34-8(6-2-4-7(35)5-3-6)32-9(33-34)10(17,18)11(19,20)12(21,22)13(23,24)14(25,26)15(27,28)16(29,30)31/h2-5,35H,1H3. The van der Waals surface area contributed by atoms with Gasteiger partial charge in [-0.1, -0.05) is 0 Å². The van der Waals surface area contributed by atoms with Gasteiger partial charge in [0.25, 0.3) is 0 Å². The van der Waals surface area contributed by atoms with Crippen LogP contribution in [0.1, 0.15) is 5.82 Å². The van der Waals surface area contributed by atoms with Gasteiger partial charge in [0, 0.05) is 12.6 Å². The minimum atomic E-state index is -8.39. The van der Waals surface area contributed by atoms with Crippen molar-refractivity contribution in [2.24, 2.45) is 7.05 Å². The molecule has 1 N–H and O–H groups in total. The number of phenols is 1. The summed E-state index contributed by atoms with van der Waals surface area (Å²) in [5, 5.41) is 11.8. The van der Waals surface area contributed by atoms with Crippen LogP contribution in [0.15, 0.2) is 24.3 Å². The van der Waals surface area contributed by atoms with Crippen LogP contribution in [0.25, 0.3) is 11.4 Å². The number of aromatic hydroxyl groups is 1. The van der Waals surface area contributed by atoms with Crippen molar-refractivity contribution in [2.75, 3.05) is 0 Å². The molecule has 0 fully saturated rings. The van der Waals surface area contributed by atoms with Crippen LogP contribution in [0.4, 0.5) is 65.9 Å². The predicted molar refractivity (Wildman–Crippen MR) is 82.8 cm³/mol. The van der Waals surface area contributed by atoms with Gasteiger partial charge in [-0.2, -0.15) is 65.9 Å². The summed E-state index contributed by atoms with van der Waals surface area (Å²) >= 11 is 0. The molecule has 1 heterocycles. The Kier molecular flexibility index (Phi) is 6.32. The highest BCUT2D eigenvalue weighted by Crippen LogP contribution is 2.63. The van der Waals surface area contributed by atoms with Crippen LogP contribution in [0.2, 0.25) is 0 Å². The first-order chi connectivity index (χ1) is 15.4. The highest BCUT2D eigenvalue weighted by molar-refractivity contribution is 5.56. The van der Waals surface area contributed by atoms with E-state index in [1.54, 1.807) is 0 Å². The predicted octanol–water partition coefficient (Wildman–Crippen LogP) is 6.02. The third-order valence-electron chi connectivity index (χ3n) is 4.50. The zero-order valence-corrected chi connectivity index (χ0v) is 16.3. The van der Waals surface area contributed by atoms with Crippen molar-refractivity contribution in [1.29, 1.82) is 0 Å². The molecule has 35 heavy (non-hydrogen) atoms. The Bertz CT molecular complexity index is 1070. The Morgan fingerprint density at radius 1 is 0.629 bits per heavy atom. The van der Waals surface area contributed by atoms with Gasteiger partial charge in [0.05, 0.1) is 0 Å². The lowest BCUT2D eigenvalue weighted by atomic mass is 9.91. The van der Waals surface area contributed by atoms with Crippen LogP contribution in [0.3, 0.4) is 0 Å². The Morgan fingerprint density at radius 2 is 1.03 bits per heavy atom. The molecule has 0 spiro atoms. The summed E-state index contributed by atoms with van der Waals surface area (Å²) in [6.45, 7) is 0. The molecule has 2 rings (SSSR count). The molecular formula is C16H8F15N3O. The highest BCUT2D eigenvalue weighted by atomic mass is 19.4. The van der Waals surface area contributed by atoms with Gasteiger partial charge < -0.3 is 5.11 Å². The first kappa shape index (κ1) is 28.3. The number of rotatable bonds is 7. The van der Waals surface area contributed by atoms with Crippen molar-refractivity contribution in [3.63, 3.8) is 0 Å². The maximum Gasteiger partial charge on any atom is 0.460 e. The van der Waals surface area contributed by atoms with Crippen LogP contribution >= 0.6 is 0 Å². The summed E-state index contributed by atoms with van der Waals surface area (Å²) in [5.74, 6) is -51.4. The van der Waals surface area contributed by atoms with Gasteiger partial charge in [0.1, 0.15) is 5.75 Å². The third kappa shape index (κ3) is 3.82. The van der Waals surface area contributed by atoms with Crippen molar-refractivity contribution in [3.05, 3.63) is 30.1 Å². The van der Waals surface area contributed by atoms with Crippen LogP contribution in [0.5, 0.6) is 5.75 Å². The van der Waals surface area contributed by atoms with Crippen molar-refractivity contribution in [2.45, 2.75) is 41.7 Å². The van der Waals surface area contributed by atoms with Gasteiger partial charge in [-0.05, 0) is 24.3 Å². The Labute approximate surface area is 183 Å². The fourth-order valence-corrected chi connectivity index (χ4v) is 2.49. The molecule has 198 valence electrons. The summed E-state index contributed by atoms with van der Waals surface area (Å²) in [7, 11) is 0.692. The minimum Gasteiger partial charge on any atom is -0.508 e. The normalized spacial score (nSPS) is 15.0. The van der Waals surface area contributed by atoms with Crippen molar-refractivity contribution in [3.8, 4) is 17.1 Å². The summed E-state index contributed by atoms with van der Waals surface area (Å²) in [6.07, 6.45) is -7.67. The lowest BCUT2D eigenvalue weighted by Crippen LogP contribution is -2.72. The molecule has 0 bridgehead atoms. The van der Waals surface area contributed by atoms with Gasteiger partial charge >= 0.3 is 41.7 Å². The average molecular weight is 543 g/mol. The first-order valence-corrected chi connectivity index (χ1v) is 8.42. The number of alkyl halides is 15. The van der Waals surface area contributed by atoms with E-state index in [0.717, 1.165) is 24.3 Å². The molecular weight excluding hydrogens is 535 g/mol. The van der Waals surface area contributed by atoms with E-state index >= 15 is 0 Å². The Hall–Kier alpha value is -2.89. The molecule has 19 heteroatoms. The first-order valence-electron chi connectivity index (χ1n) is 8.42. The molecule has 0 saturated carbocycles. The van der Waals surface area contributed by atoms with Gasteiger partial charge in [0.15, 0.2) is 5.82 Å². The number of aryl methyl sites for hydroxylation is 1. The van der Waals surface area contributed by atoms with Crippen molar-refractivity contribution in [1.82, 2.24) is 14.8 Å². The molecule has 0 aliphatic heterocycles. The van der Waals surface area contributed by atoms with Gasteiger partial charge in [0.2, 0.25) is 5.82 Å². The number of phenolic OH excluding ortho intramolecular Hbond substituents is 1. The molecule has 2 aromatic rings. The number of benzene rings is 1. The molecule has 0 atom stereocenters. The summed E-state index contributed by atoms with van der Waals surface area (Å²) in [6, 6.07) is 3.60. The van der Waals surface area contributed by atoms with E-state index in [-0.39, 0.29) is 10.2 Å². The SMILES string of the molecule is Cn1nc(C(F)(F)C(F)(F)C(F)(F)C(F)(F)C(F)(F)C(F)(F)C(F)(F)F)nc1-c1ccc(O)cc1. The monoisotopic (exact) mass is 543 g/mol. The molecule has 0 saturated heterocycles. The summed E-state index contributed by atoms with van der Waals surface area (Å²) in [5.41, 5.74) is -0.309. The van der Waals surface area contributed by atoms with E-state index in [4.69, 9.17) is 5.11 Å². The molecule has 0 aliphatic rings. The zero-order valence-electron chi connectivity index (χ0n) is 16.3. The largest absolute Gasteiger partial charge is 0.508 e. The maximum atomic E-state index is 14.3. The minimum absolute atomic E-state index is 0.203. The van der Waals surface area contributed by atoms with Crippen LogP contribution < -0.4 is 0 Å². The van der Waals surface area contributed by atoms with Gasteiger partial charge in [-0.25, -0.2) is 9.67 Å².